The third-order valence-corrected chi connectivity index (χ3v) is 3.16. The number of rotatable bonds is 2. The fraction of sp³-hybridized carbons (Fsp3) is 0.429. The second-order valence-electron chi connectivity index (χ2n) is 4.66. The van der Waals surface area contributed by atoms with Crippen LogP contribution in [0.2, 0.25) is 0 Å². The van der Waals surface area contributed by atoms with Gasteiger partial charge in [0, 0.05) is 12.1 Å². The molecule has 3 nitrogen and oxygen atoms in total. The molecule has 17 heavy (non-hydrogen) atoms. The van der Waals surface area contributed by atoms with E-state index in [2.05, 4.69) is 36.3 Å². The van der Waals surface area contributed by atoms with Crippen molar-refractivity contribution in [1.29, 1.82) is 0 Å². The van der Waals surface area contributed by atoms with Crippen molar-refractivity contribution < 1.29 is 4.79 Å². The molecule has 0 spiro atoms. The number of benzene rings is 1. The zero-order valence-electron chi connectivity index (χ0n) is 10.6. The Bertz CT molecular complexity index is 448. The summed E-state index contributed by atoms with van der Waals surface area (Å²) in [7, 11) is 0. The van der Waals surface area contributed by atoms with Crippen molar-refractivity contribution >= 4 is 11.6 Å². The summed E-state index contributed by atoms with van der Waals surface area (Å²) in [5, 5.41) is 5.98. The summed E-state index contributed by atoms with van der Waals surface area (Å²) in [6.07, 6.45) is 1.36. The molecule has 3 heteroatoms. The van der Waals surface area contributed by atoms with Crippen molar-refractivity contribution in [3.63, 3.8) is 0 Å². The Labute approximate surface area is 102 Å². The molecule has 2 rings (SSSR count). The molecule has 1 unspecified atom stereocenters. The molecule has 1 heterocycles. The average Bonchev–Trinajstić information content (AvgIpc) is 2.32. The van der Waals surface area contributed by atoms with Crippen LogP contribution in [-0.2, 0) is 4.79 Å². The first-order valence-electron chi connectivity index (χ1n) is 6.00. The van der Waals surface area contributed by atoms with E-state index in [4.69, 9.17) is 0 Å². The standard InChI is InChI=1S/C14H18N2O/c1-10-4-7-13(8-5-10)12(3)16-14(17)9-6-11(2)15-16/h4-5,7-8,12H,6,9H2,1-3H3. The largest absolute Gasteiger partial charge is 0.273 e. The molecule has 0 aliphatic carbocycles. The van der Waals surface area contributed by atoms with Gasteiger partial charge in [-0.2, -0.15) is 5.10 Å². The number of aryl methyl sites for hydroxylation is 1. The predicted octanol–water partition coefficient (Wildman–Crippen LogP) is 3.05. The van der Waals surface area contributed by atoms with Gasteiger partial charge >= 0.3 is 0 Å². The number of carbonyl (C=O) groups is 1. The molecule has 1 amide bonds. The molecule has 0 aromatic heterocycles. The molecule has 1 atom stereocenters. The lowest BCUT2D eigenvalue weighted by atomic mass is 10.0. The number of hydrazone groups is 1. The Balaban J connectivity index is 2.24. The highest BCUT2D eigenvalue weighted by Crippen LogP contribution is 2.24. The lowest BCUT2D eigenvalue weighted by molar-refractivity contribution is -0.134. The Morgan fingerprint density at radius 3 is 2.47 bits per heavy atom. The highest BCUT2D eigenvalue weighted by Gasteiger charge is 2.24. The second-order valence-corrected chi connectivity index (χ2v) is 4.66. The van der Waals surface area contributed by atoms with Crippen molar-refractivity contribution in [2.75, 3.05) is 0 Å². The maximum atomic E-state index is 11.8. The molecule has 0 saturated heterocycles. The second kappa shape index (κ2) is 4.70. The lowest BCUT2D eigenvalue weighted by Gasteiger charge is -2.28. The van der Waals surface area contributed by atoms with Crippen molar-refractivity contribution in [1.82, 2.24) is 5.01 Å². The SMILES string of the molecule is CC1=NN(C(C)c2ccc(C)cc2)C(=O)CC1. The van der Waals surface area contributed by atoms with Gasteiger partial charge in [0.25, 0.3) is 0 Å². The van der Waals surface area contributed by atoms with Crippen LogP contribution in [0, 0.1) is 6.92 Å². The maximum Gasteiger partial charge on any atom is 0.243 e. The topological polar surface area (TPSA) is 32.7 Å². The van der Waals surface area contributed by atoms with E-state index >= 15 is 0 Å². The zero-order valence-corrected chi connectivity index (χ0v) is 10.6. The van der Waals surface area contributed by atoms with E-state index in [1.165, 1.54) is 5.56 Å². The van der Waals surface area contributed by atoms with Crippen LogP contribution in [0.4, 0.5) is 0 Å². The van der Waals surface area contributed by atoms with Crippen molar-refractivity contribution in [3.8, 4) is 0 Å². The Hall–Kier alpha value is -1.64. The summed E-state index contributed by atoms with van der Waals surface area (Å²) in [5.41, 5.74) is 3.39. The smallest absolute Gasteiger partial charge is 0.243 e. The van der Waals surface area contributed by atoms with E-state index in [1.807, 2.05) is 13.8 Å². The molecule has 1 aliphatic rings. The van der Waals surface area contributed by atoms with Gasteiger partial charge in [-0.05, 0) is 32.8 Å². The first kappa shape index (κ1) is 11.8. The van der Waals surface area contributed by atoms with Gasteiger partial charge in [0.05, 0.1) is 6.04 Å². The summed E-state index contributed by atoms with van der Waals surface area (Å²) >= 11 is 0. The van der Waals surface area contributed by atoms with E-state index in [1.54, 1.807) is 5.01 Å². The Morgan fingerprint density at radius 2 is 1.82 bits per heavy atom. The predicted molar refractivity (Wildman–Crippen MR) is 68.8 cm³/mol. The van der Waals surface area contributed by atoms with Gasteiger partial charge in [-0.25, -0.2) is 5.01 Å². The molecule has 0 N–H and O–H groups in total. The maximum absolute atomic E-state index is 11.8. The first-order valence-corrected chi connectivity index (χ1v) is 6.00. The molecular formula is C14H18N2O. The minimum absolute atomic E-state index is 0.0124. The molecule has 90 valence electrons. The minimum atomic E-state index is 0.0124. The van der Waals surface area contributed by atoms with Crippen LogP contribution in [0.5, 0.6) is 0 Å². The van der Waals surface area contributed by atoms with Gasteiger partial charge in [0.1, 0.15) is 0 Å². The number of amides is 1. The molecule has 0 fully saturated rings. The van der Waals surface area contributed by atoms with E-state index in [9.17, 15) is 4.79 Å². The van der Waals surface area contributed by atoms with E-state index in [0.717, 1.165) is 17.7 Å². The highest BCUT2D eigenvalue weighted by molar-refractivity contribution is 5.91. The van der Waals surface area contributed by atoms with Crippen molar-refractivity contribution in [2.24, 2.45) is 5.10 Å². The minimum Gasteiger partial charge on any atom is -0.273 e. The van der Waals surface area contributed by atoms with Gasteiger partial charge in [-0.15, -0.1) is 0 Å². The number of carbonyl (C=O) groups excluding carboxylic acids is 1. The first-order chi connectivity index (χ1) is 8.08. The summed E-state index contributed by atoms with van der Waals surface area (Å²) in [6.45, 7) is 6.05. The van der Waals surface area contributed by atoms with E-state index < -0.39 is 0 Å². The molecule has 0 bridgehead atoms. The van der Waals surface area contributed by atoms with Gasteiger partial charge in [-0.1, -0.05) is 29.8 Å². The number of hydrogen-bond acceptors (Lipinski definition) is 2. The normalized spacial score (nSPS) is 17.9. The Morgan fingerprint density at radius 1 is 1.18 bits per heavy atom. The van der Waals surface area contributed by atoms with Gasteiger partial charge in [0.2, 0.25) is 5.91 Å². The van der Waals surface area contributed by atoms with E-state index in [-0.39, 0.29) is 11.9 Å². The van der Waals surface area contributed by atoms with Crippen LogP contribution in [-0.4, -0.2) is 16.6 Å². The quantitative estimate of drug-likeness (QED) is 0.768. The summed E-state index contributed by atoms with van der Waals surface area (Å²) in [4.78, 5) is 11.8. The molecular weight excluding hydrogens is 212 g/mol. The van der Waals surface area contributed by atoms with Crippen molar-refractivity contribution in [3.05, 3.63) is 35.4 Å². The highest BCUT2D eigenvalue weighted by atomic mass is 16.2. The molecule has 1 aromatic rings. The van der Waals surface area contributed by atoms with Gasteiger partial charge in [0.15, 0.2) is 0 Å². The van der Waals surface area contributed by atoms with Gasteiger partial charge < -0.3 is 0 Å². The van der Waals surface area contributed by atoms with Crippen LogP contribution in [0.15, 0.2) is 29.4 Å². The molecule has 1 aliphatic heterocycles. The fourth-order valence-corrected chi connectivity index (χ4v) is 1.98. The lowest BCUT2D eigenvalue weighted by Crippen LogP contribution is -2.33. The average molecular weight is 230 g/mol. The molecule has 0 radical (unpaired) electrons. The Kier molecular flexibility index (Phi) is 3.27. The number of nitrogens with zero attached hydrogens (tertiary/aromatic N) is 2. The zero-order chi connectivity index (χ0) is 12.4. The van der Waals surface area contributed by atoms with Crippen LogP contribution >= 0.6 is 0 Å². The summed E-state index contributed by atoms with van der Waals surface area (Å²) in [5.74, 6) is 0.115. The van der Waals surface area contributed by atoms with Crippen LogP contribution < -0.4 is 0 Å². The van der Waals surface area contributed by atoms with E-state index in [0.29, 0.717) is 6.42 Å². The van der Waals surface area contributed by atoms with Crippen LogP contribution in [0.3, 0.4) is 0 Å². The third-order valence-electron chi connectivity index (χ3n) is 3.16. The van der Waals surface area contributed by atoms with Crippen LogP contribution in [0.1, 0.15) is 43.9 Å². The van der Waals surface area contributed by atoms with Crippen molar-refractivity contribution in [2.45, 2.75) is 39.7 Å². The van der Waals surface area contributed by atoms with Gasteiger partial charge in [-0.3, -0.25) is 4.79 Å². The number of hydrogen-bond donors (Lipinski definition) is 0. The summed E-state index contributed by atoms with van der Waals surface area (Å²) < 4.78 is 0. The third kappa shape index (κ3) is 2.54. The summed E-state index contributed by atoms with van der Waals surface area (Å²) in [6, 6.07) is 8.27. The fourth-order valence-electron chi connectivity index (χ4n) is 1.98. The monoisotopic (exact) mass is 230 g/mol. The molecule has 1 aromatic carbocycles. The molecule has 0 saturated carbocycles. The van der Waals surface area contributed by atoms with Crippen LogP contribution in [0.25, 0.3) is 0 Å².